The Hall–Kier alpha value is -1.55. The van der Waals surface area contributed by atoms with E-state index in [1.165, 1.54) is 0 Å². The van der Waals surface area contributed by atoms with E-state index in [0.29, 0.717) is 0 Å². The summed E-state index contributed by atoms with van der Waals surface area (Å²) in [6.45, 7) is 1.96. The van der Waals surface area contributed by atoms with Gasteiger partial charge in [-0.05, 0) is 31.0 Å². The van der Waals surface area contributed by atoms with Crippen molar-refractivity contribution in [2.75, 3.05) is 7.11 Å². The number of nitrogens with two attached hydrogens (primary N) is 1. The maximum atomic E-state index is 11.7. The van der Waals surface area contributed by atoms with Crippen LogP contribution in [0.5, 0.6) is 5.75 Å². The average molecular weight is 234 g/mol. The van der Waals surface area contributed by atoms with Crippen LogP contribution >= 0.6 is 0 Å². The molecule has 2 rings (SSSR count). The molecule has 0 aliphatic heterocycles. The van der Waals surface area contributed by atoms with Crippen molar-refractivity contribution in [3.63, 3.8) is 0 Å². The summed E-state index contributed by atoms with van der Waals surface area (Å²) in [4.78, 5) is 11.7. The van der Waals surface area contributed by atoms with Crippen LogP contribution in [0.2, 0.25) is 0 Å². The van der Waals surface area contributed by atoms with Crippen LogP contribution in [-0.2, 0) is 4.79 Å². The van der Waals surface area contributed by atoms with E-state index in [0.717, 1.165) is 17.7 Å². The molecule has 3 N–H and O–H groups in total. The lowest BCUT2D eigenvalue weighted by atomic mass is 10.1. The zero-order valence-corrected chi connectivity index (χ0v) is 10.1. The maximum absolute atomic E-state index is 11.7. The molecule has 92 valence electrons. The minimum Gasteiger partial charge on any atom is -0.497 e. The molecule has 3 atom stereocenters. The van der Waals surface area contributed by atoms with Crippen molar-refractivity contribution >= 4 is 5.91 Å². The van der Waals surface area contributed by atoms with E-state index in [4.69, 9.17) is 10.5 Å². The molecule has 1 saturated carbocycles. The van der Waals surface area contributed by atoms with E-state index in [1.807, 2.05) is 31.2 Å². The zero-order chi connectivity index (χ0) is 12.4. The molecule has 17 heavy (non-hydrogen) atoms. The SMILES string of the molecule is COc1cccc(C(C)NC(=O)C2CC2N)c1. The lowest BCUT2D eigenvalue weighted by Crippen LogP contribution is -2.29. The number of benzene rings is 1. The van der Waals surface area contributed by atoms with Gasteiger partial charge in [0.1, 0.15) is 5.75 Å². The molecule has 1 aliphatic rings. The number of carbonyl (C=O) groups is 1. The third kappa shape index (κ3) is 2.77. The van der Waals surface area contributed by atoms with Crippen LogP contribution in [0.1, 0.15) is 24.9 Å². The van der Waals surface area contributed by atoms with Gasteiger partial charge in [-0.15, -0.1) is 0 Å². The van der Waals surface area contributed by atoms with E-state index in [9.17, 15) is 4.79 Å². The van der Waals surface area contributed by atoms with Crippen molar-refractivity contribution in [3.8, 4) is 5.75 Å². The van der Waals surface area contributed by atoms with Gasteiger partial charge in [0.05, 0.1) is 19.1 Å². The normalized spacial score (nSPS) is 23.9. The highest BCUT2D eigenvalue weighted by atomic mass is 16.5. The molecule has 0 heterocycles. The number of hydrogen-bond donors (Lipinski definition) is 2. The highest BCUT2D eigenvalue weighted by Gasteiger charge is 2.40. The number of carbonyl (C=O) groups excluding carboxylic acids is 1. The second-order valence-corrected chi connectivity index (χ2v) is 4.51. The molecule has 1 amide bonds. The standard InChI is InChI=1S/C13H18N2O2/c1-8(15-13(16)11-7-12(11)14)9-4-3-5-10(6-9)17-2/h3-6,8,11-12H,7,14H2,1-2H3,(H,15,16). The van der Waals surface area contributed by atoms with Crippen molar-refractivity contribution in [1.82, 2.24) is 5.32 Å². The van der Waals surface area contributed by atoms with Gasteiger partial charge in [0.2, 0.25) is 5.91 Å². The minimum atomic E-state index is -0.0228. The summed E-state index contributed by atoms with van der Waals surface area (Å²) < 4.78 is 5.15. The molecule has 0 bridgehead atoms. The zero-order valence-electron chi connectivity index (χ0n) is 10.1. The summed E-state index contributed by atoms with van der Waals surface area (Å²) >= 11 is 0. The number of amides is 1. The molecule has 4 heteroatoms. The van der Waals surface area contributed by atoms with Crippen LogP contribution in [0.3, 0.4) is 0 Å². The number of hydrogen-bond acceptors (Lipinski definition) is 3. The summed E-state index contributed by atoms with van der Waals surface area (Å²) in [6.07, 6.45) is 0.802. The lowest BCUT2D eigenvalue weighted by Gasteiger charge is -2.15. The van der Waals surface area contributed by atoms with Crippen LogP contribution in [0.15, 0.2) is 24.3 Å². The largest absolute Gasteiger partial charge is 0.497 e. The van der Waals surface area contributed by atoms with Crippen LogP contribution in [0.25, 0.3) is 0 Å². The molecule has 1 aliphatic carbocycles. The summed E-state index contributed by atoms with van der Waals surface area (Å²) in [5, 5.41) is 2.97. The number of methoxy groups -OCH3 is 1. The summed E-state index contributed by atoms with van der Waals surface area (Å²) in [6, 6.07) is 7.73. The highest BCUT2D eigenvalue weighted by molar-refractivity contribution is 5.82. The third-order valence-corrected chi connectivity index (χ3v) is 3.13. The Bertz CT molecular complexity index is 420. The first-order chi connectivity index (χ1) is 8.11. The molecule has 0 aromatic heterocycles. The Labute approximate surface area is 101 Å². The van der Waals surface area contributed by atoms with Crippen LogP contribution < -0.4 is 15.8 Å². The van der Waals surface area contributed by atoms with Gasteiger partial charge in [0.15, 0.2) is 0 Å². The van der Waals surface area contributed by atoms with Gasteiger partial charge >= 0.3 is 0 Å². The molecule has 0 saturated heterocycles. The Morgan fingerprint density at radius 3 is 2.88 bits per heavy atom. The van der Waals surface area contributed by atoms with Gasteiger partial charge in [0, 0.05) is 6.04 Å². The number of rotatable bonds is 4. The van der Waals surface area contributed by atoms with Crippen LogP contribution in [-0.4, -0.2) is 19.1 Å². The molecule has 3 unspecified atom stereocenters. The Kier molecular flexibility index (Phi) is 3.33. The monoisotopic (exact) mass is 234 g/mol. The van der Waals surface area contributed by atoms with Crippen molar-refractivity contribution in [3.05, 3.63) is 29.8 Å². The molecule has 0 radical (unpaired) electrons. The summed E-state index contributed by atoms with van der Waals surface area (Å²) in [5.74, 6) is 0.850. The minimum absolute atomic E-state index is 0.00283. The maximum Gasteiger partial charge on any atom is 0.225 e. The van der Waals surface area contributed by atoms with E-state index >= 15 is 0 Å². The number of nitrogens with one attached hydrogen (secondary N) is 1. The third-order valence-electron chi connectivity index (χ3n) is 3.13. The topological polar surface area (TPSA) is 64.3 Å². The van der Waals surface area contributed by atoms with Gasteiger partial charge in [0.25, 0.3) is 0 Å². The predicted molar refractivity (Wildman–Crippen MR) is 65.6 cm³/mol. The smallest absolute Gasteiger partial charge is 0.225 e. The Morgan fingerprint density at radius 2 is 2.29 bits per heavy atom. The molecule has 1 aromatic carbocycles. The van der Waals surface area contributed by atoms with Crippen LogP contribution in [0.4, 0.5) is 0 Å². The fraction of sp³-hybridized carbons (Fsp3) is 0.462. The first-order valence-corrected chi connectivity index (χ1v) is 5.81. The average Bonchev–Trinajstić information content (AvgIpc) is 3.06. The van der Waals surface area contributed by atoms with Crippen LogP contribution in [0, 0.1) is 5.92 Å². The fourth-order valence-electron chi connectivity index (χ4n) is 1.83. The van der Waals surface area contributed by atoms with Gasteiger partial charge in [-0.1, -0.05) is 12.1 Å². The second kappa shape index (κ2) is 4.75. The highest BCUT2D eigenvalue weighted by Crippen LogP contribution is 2.29. The Balaban J connectivity index is 1.98. The van der Waals surface area contributed by atoms with Crippen molar-refractivity contribution < 1.29 is 9.53 Å². The van der Waals surface area contributed by atoms with E-state index in [1.54, 1.807) is 7.11 Å². The van der Waals surface area contributed by atoms with Gasteiger partial charge in [-0.3, -0.25) is 4.79 Å². The van der Waals surface area contributed by atoms with Crippen molar-refractivity contribution in [2.45, 2.75) is 25.4 Å². The van der Waals surface area contributed by atoms with Gasteiger partial charge in [-0.2, -0.15) is 0 Å². The molecular formula is C13H18N2O2. The number of ether oxygens (including phenoxy) is 1. The Morgan fingerprint density at radius 1 is 1.59 bits per heavy atom. The molecule has 0 spiro atoms. The summed E-state index contributed by atoms with van der Waals surface area (Å²) in [5.41, 5.74) is 6.68. The van der Waals surface area contributed by atoms with Gasteiger partial charge < -0.3 is 15.8 Å². The fourth-order valence-corrected chi connectivity index (χ4v) is 1.83. The van der Waals surface area contributed by atoms with E-state index < -0.39 is 0 Å². The molecular weight excluding hydrogens is 216 g/mol. The molecule has 1 fully saturated rings. The quantitative estimate of drug-likeness (QED) is 0.823. The van der Waals surface area contributed by atoms with Gasteiger partial charge in [-0.25, -0.2) is 0 Å². The first kappa shape index (κ1) is 11.9. The van der Waals surface area contributed by atoms with E-state index in [2.05, 4.69) is 5.32 Å². The second-order valence-electron chi connectivity index (χ2n) is 4.51. The predicted octanol–water partition coefficient (Wildman–Crippen LogP) is 1.22. The van der Waals surface area contributed by atoms with E-state index in [-0.39, 0.29) is 23.9 Å². The molecule has 1 aromatic rings. The lowest BCUT2D eigenvalue weighted by molar-refractivity contribution is -0.123. The molecule has 4 nitrogen and oxygen atoms in total. The summed E-state index contributed by atoms with van der Waals surface area (Å²) in [7, 11) is 1.63. The first-order valence-electron chi connectivity index (χ1n) is 5.81. The van der Waals surface area contributed by atoms with Crippen molar-refractivity contribution in [1.29, 1.82) is 0 Å². The van der Waals surface area contributed by atoms with Crippen molar-refractivity contribution in [2.24, 2.45) is 11.7 Å².